The zero-order valence-corrected chi connectivity index (χ0v) is 18.9. The summed E-state index contributed by atoms with van der Waals surface area (Å²) in [6.07, 6.45) is 7.12. The van der Waals surface area contributed by atoms with Crippen LogP contribution in [0.4, 0.5) is 0 Å². The molecule has 4 rings (SSSR count). The van der Waals surface area contributed by atoms with Crippen LogP contribution in [-0.2, 0) is 4.79 Å². The Bertz CT molecular complexity index is 1070. The number of para-hydroxylation sites is 1. The molecule has 2 amide bonds. The Hall–Kier alpha value is -3.61. The zero-order valence-electron chi connectivity index (χ0n) is 18.9. The molecule has 33 heavy (non-hydrogen) atoms. The minimum Gasteiger partial charge on any atom is -0.497 e. The van der Waals surface area contributed by atoms with Crippen molar-refractivity contribution in [3.8, 4) is 22.7 Å². The predicted molar refractivity (Wildman–Crippen MR) is 127 cm³/mol. The minimum absolute atomic E-state index is 0.0970. The zero-order chi connectivity index (χ0) is 23.0. The second-order valence-corrected chi connectivity index (χ2v) is 8.28. The summed E-state index contributed by atoms with van der Waals surface area (Å²) in [7, 11) is 1.62. The maximum absolute atomic E-state index is 13.1. The van der Waals surface area contributed by atoms with E-state index in [1.54, 1.807) is 18.0 Å². The molecule has 0 atom stereocenters. The first-order valence-electron chi connectivity index (χ1n) is 11.5. The van der Waals surface area contributed by atoms with E-state index < -0.39 is 0 Å². The van der Waals surface area contributed by atoms with Gasteiger partial charge in [0, 0.05) is 30.8 Å². The number of benzene rings is 2. The number of aromatic nitrogens is 2. The molecule has 0 saturated heterocycles. The van der Waals surface area contributed by atoms with Gasteiger partial charge in [-0.05, 0) is 49.2 Å². The number of hydrogen-bond donors (Lipinski definition) is 2. The average molecular weight is 447 g/mol. The van der Waals surface area contributed by atoms with Crippen LogP contribution in [0, 0.1) is 5.92 Å². The summed E-state index contributed by atoms with van der Waals surface area (Å²) >= 11 is 0. The quantitative estimate of drug-likeness (QED) is 0.513. The third-order valence-electron chi connectivity index (χ3n) is 6.03. The molecule has 7 nitrogen and oxygen atoms in total. The van der Waals surface area contributed by atoms with Gasteiger partial charge in [0.05, 0.1) is 18.4 Å². The molecule has 2 N–H and O–H groups in total. The molecule has 0 spiro atoms. The van der Waals surface area contributed by atoms with Crippen LogP contribution < -0.4 is 15.4 Å². The Morgan fingerprint density at radius 2 is 1.67 bits per heavy atom. The van der Waals surface area contributed by atoms with Crippen LogP contribution in [-0.4, -0.2) is 41.8 Å². The summed E-state index contributed by atoms with van der Waals surface area (Å²) in [4.78, 5) is 25.4. The molecule has 1 saturated carbocycles. The summed E-state index contributed by atoms with van der Waals surface area (Å²) in [5.74, 6) is 0.718. The fraction of sp³-hybridized carbons (Fsp3) is 0.346. The van der Waals surface area contributed by atoms with E-state index in [1.807, 2.05) is 54.6 Å². The fourth-order valence-electron chi connectivity index (χ4n) is 4.18. The molecule has 1 heterocycles. The van der Waals surface area contributed by atoms with Gasteiger partial charge in [0.1, 0.15) is 11.4 Å². The highest BCUT2D eigenvalue weighted by Gasteiger charge is 2.21. The third-order valence-corrected chi connectivity index (χ3v) is 6.03. The molecule has 2 aromatic carbocycles. The van der Waals surface area contributed by atoms with Gasteiger partial charge in [-0.25, -0.2) is 4.68 Å². The lowest BCUT2D eigenvalue weighted by atomic mass is 9.89. The molecule has 1 aliphatic carbocycles. The van der Waals surface area contributed by atoms with E-state index >= 15 is 0 Å². The first kappa shape index (κ1) is 22.6. The van der Waals surface area contributed by atoms with Crippen molar-refractivity contribution in [2.75, 3.05) is 20.2 Å². The smallest absolute Gasteiger partial charge is 0.255 e. The van der Waals surface area contributed by atoms with E-state index in [2.05, 4.69) is 10.6 Å². The van der Waals surface area contributed by atoms with Crippen LogP contribution in [0.5, 0.6) is 5.75 Å². The van der Waals surface area contributed by atoms with Gasteiger partial charge in [0.2, 0.25) is 5.91 Å². The molecule has 0 aliphatic heterocycles. The van der Waals surface area contributed by atoms with Crippen molar-refractivity contribution < 1.29 is 14.3 Å². The van der Waals surface area contributed by atoms with Gasteiger partial charge in [-0.15, -0.1) is 0 Å². The van der Waals surface area contributed by atoms with Gasteiger partial charge in [0.25, 0.3) is 5.91 Å². The Morgan fingerprint density at radius 3 is 2.36 bits per heavy atom. The van der Waals surface area contributed by atoms with Gasteiger partial charge in [-0.1, -0.05) is 37.5 Å². The maximum atomic E-state index is 13.1. The highest BCUT2D eigenvalue weighted by molar-refractivity contribution is 6.00. The van der Waals surface area contributed by atoms with Crippen molar-refractivity contribution in [1.82, 2.24) is 20.4 Å². The van der Waals surface area contributed by atoms with Crippen LogP contribution in [0.2, 0.25) is 0 Å². The molecular weight excluding hydrogens is 416 g/mol. The van der Waals surface area contributed by atoms with E-state index in [0.29, 0.717) is 24.3 Å². The van der Waals surface area contributed by atoms with Crippen molar-refractivity contribution in [1.29, 1.82) is 0 Å². The largest absolute Gasteiger partial charge is 0.497 e. The standard InChI is InChI=1S/C26H30N4O3/c1-33-22-14-12-19(13-15-22)24-23(18-30(29-24)21-10-6-3-7-11-21)26(32)28-17-16-27-25(31)20-8-4-2-5-9-20/h3,6-7,10-15,18,20H,2,4-5,8-9,16-17H2,1H3,(H,27,31)(H,28,32). The second-order valence-electron chi connectivity index (χ2n) is 8.28. The maximum Gasteiger partial charge on any atom is 0.255 e. The van der Waals surface area contributed by atoms with Gasteiger partial charge in [-0.3, -0.25) is 9.59 Å². The Labute approximate surface area is 194 Å². The van der Waals surface area contributed by atoms with Crippen LogP contribution in [0.25, 0.3) is 16.9 Å². The van der Waals surface area contributed by atoms with Crippen LogP contribution in [0.3, 0.4) is 0 Å². The molecule has 0 radical (unpaired) electrons. The molecule has 0 bridgehead atoms. The van der Waals surface area contributed by atoms with Gasteiger partial charge < -0.3 is 15.4 Å². The number of carbonyl (C=O) groups is 2. The van der Waals surface area contributed by atoms with Crippen molar-refractivity contribution in [2.24, 2.45) is 5.92 Å². The molecule has 0 unspecified atom stereocenters. The van der Waals surface area contributed by atoms with Crippen molar-refractivity contribution in [3.63, 3.8) is 0 Å². The van der Waals surface area contributed by atoms with E-state index in [9.17, 15) is 9.59 Å². The second kappa shape index (κ2) is 10.8. The summed E-state index contributed by atoms with van der Waals surface area (Å²) in [5, 5.41) is 10.6. The lowest BCUT2D eigenvalue weighted by Crippen LogP contribution is -2.38. The summed E-state index contributed by atoms with van der Waals surface area (Å²) in [5.41, 5.74) is 2.75. The average Bonchev–Trinajstić information content (AvgIpc) is 3.33. The SMILES string of the molecule is COc1ccc(-c2nn(-c3ccccc3)cc2C(=O)NCCNC(=O)C2CCCCC2)cc1. The van der Waals surface area contributed by atoms with Crippen molar-refractivity contribution >= 4 is 11.8 Å². The number of nitrogens with one attached hydrogen (secondary N) is 2. The number of rotatable bonds is 8. The normalized spacial score (nSPS) is 14.0. The fourth-order valence-corrected chi connectivity index (χ4v) is 4.18. The van der Waals surface area contributed by atoms with E-state index in [0.717, 1.165) is 42.7 Å². The Balaban J connectivity index is 1.45. The summed E-state index contributed by atoms with van der Waals surface area (Å²) in [6, 6.07) is 17.1. The highest BCUT2D eigenvalue weighted by atomic mass is 16.5. The molecule has 3 aromatic rings. The van der Waals surface area contributed by atoms with Crippen LogP contribution in [0.1, 0.15) is 42.5 Å². The number of amides is 2. The Morgan fingerprint density at radius 1 is 0.970 bits per heavy atom. The number of hydrogen-bond acceptors (Lipinski definition) is 4. The monoisotopic (exact) mass is 446 g/mol. The van der Waals surface area contributed by atoms with E-state index in [4.69, 9.17) is 9.84 Å². The van der Waals surface area contributed by atoms with Crippen LogP contribution in [0.15, 0.2) is 60.8 Å². The van der Waals surface area contributed by atoms with E-state index in [1.165, 1.54) is 6.42 Å². The van der Waals surface area contributed by atoms with Gasteiger partial charge >= 0.3 is 0 Å². The number of carbonyl (C=O) groups excluding carboxylic acids is 2. The summed E-state index contributed by atoms with van der Waals surface area (Å²) in [6.45, 7) is 0.766. The van der Waals surface area contributed by atoms with Crippen LogP contribution >= 0.6 is 0 Å². The molecule has 1 aliphatic rings. The third kappa shape index (κ3) is 5.61. The first-order valence-corrected chi connectivity index (χ1v) is 11.5. The highest BCUT2D eigenvalue weighted by Crippen LogP contribution is 2.26. The lowest BCUT2D eigenvalue weighted by molar-refractivity contribution is -0.125. The molecule has 1 aromatic heterocycles. The van der Waals surface area contributed by atoms with Crippen molar-refractivity contribution in [2.45, 2.75) is 32.1 Å². The number of methoxy groups -OCH3 is 1. The van der Waals surface area contributed by atoms with Gasteiger partial charge in [-0.2, -0.15) is 5.10 Å². The van der Waals surface area contributed by atoms with E-state index in [-0.39, 0.29) is 17.7 Å². The lowest BCUT2D eigenvalue weighted by Gasteiger charge is -2.20. The molecule has 7 heteroatoms. The molecular formula is C26H30N4O3. The van der Waals surface area contributed by atoms with Crippen molar-refractivity contribution in [3.05, 3.63) is 66.4 Å². The Kier molecular flexibility index (Phi) is 7.40. The molecule has 1 fully saturated rings. The predicted octanol–water partition coefficient (Wildman–Crippen LogP) is 3.97. The molecule has 172 valence electrons. The van der Waals surface area contributed by atoms with Gasteiger partial charge in [0.15, 0.2) is 0 Å². The summed E-state index contributed by atoms with van der Waals surface area (Å²) < 4.78 is 6.95. The number of nitrogens with zero attached hydrogens (tertiary/aromatic N) is 2. The number of ether oxygens (including phenoxy) is 1. The minimum atomic E-state index is -0.227. The first-order chi connectivity index (χ1) is 16.2. The topological polar surface area (TPSA) is 85.2 Å².